The molecule has 2 aliphatic rings. The monoisotopic (exact) mass is 159 g/mol. The summed E-state index contributed by atoms with van der Waals surface area (Å²) in [6.45, 7) is 3.76. The number of rotatable bonds is 2. The Hall–Kier alpha value is -0.780. The van der Waals surface area contributed by atoms with Crippen molar-refractivity contribution < 1.29 is 0 Å². The highest BCUT2D eigenvalue weighted by Gasteiger charge is 2.17. The van der Waals surface area contributed by atoms with E-state index in [4.69, 9.17) is 0 Å². The van der Waals surface area contributed by atoms with Gasteiger partial charge in [0, 0.05) is 6.42 Å². The van der Waals surface area contributed by atoms with E-state index in [9.17, 15) is 0 Å². The average molecular weight is 159 g/mol. The summed E-state index contributed by atoms with van der Waals surface area (Å²) in [6, 6.07) is 0. The van der Waals surface area contributed by atoms with Crippen molar-refractivity contribution in [1.29, 1.82) is 0 Å². The van der Waals surface area contributed by atoms with E-state index in [1.807, 2.05) is 6.08 Å². The fourth-order valence-corrected chi connectivity index (χ4v) is 2.06. The first-order chi connectivity index (χ1) is 5.90. The van der Waals surface area contributed by atoms with Gasteiger partial charge in [0.05, 0.1) is 0 Å². The van der Waals surface area contributed by atoms with Crippen LogP contribution in [0.2, 0.25) is 0 Å². The lowest BCUT2D eigenvalue weighted by Gasteiger charge is -2.12. The molecule has 2 aliphatic carbocycles. The Morgan fingerprint density at radius 2 is 2.00 bits per heavy atom. The van der Waals surface area contributed by atoms with Gasteiger partial charge in [-0.3, -0.25) is 0 Å². The maximum absolute atomic E-state index is 3.76. The molecule has 63 valence electrons. The lowest BCUT2D eigenvalue weighted by molar-refractivity contribution is 0.693. The molecule has 0 nitrogen and oxygen atoms in total. The van der Waals surface area contributed by atoms with Crippen LogP contribution in [0.15, 0.2) is 35.5 Å². The molecular formula is C12H15. The average Bonchev–Trinajstić information content (AvgIpc) is 2.47. The SMILES string of the molecule is C=CCC1=CC2=C([CH]1)CCCC2. The standard InChI is InChI=1S/C12H15/c1-2-5-10-8-11-6-3-4-7-12(11)9-10/h2,8-9H,1,3-7H2. The highest BCUT2D eigenvalue weighted by atomic mass is 14.2. The third kappa shape index (κ3) is 1.38. The van der Waals surface area contributed by atoms with Gasteiger partial charge in [-0.15, -0.1) is 6.58 Å². The van der Waals surface area contributed by atoms with E-state index in [0.717, 1.165) is 6.42 Å². The van der Waals surface area contributed by atoms with E-state index in [1.54, 1.807) is 11.1 Å². The minimum absolute atomic E-state index is 1.03. The lowest BCUT2D eigenvalue weighted by Crippen LogP contribution is -1.93. The Bertz CT molecular complexity index is 253. The van der Waals surface area contributed by atoms with Gasteiger partial charge in [0.2, 0.25) is 0 Å². The molecule has 0 aromatic carbocycles. The topological polar surface area (TPSA) is 0 Å². The largest absolute Gasteiger partial charge is 0.103 e. The van der Waals surface area contributed by atoms with Gasteiger partial charge in [0.15, 0.2) is 0 Å². The van der Waals surface area contributed by atoms with Crippen molar-refractivity contribution in [2.45, 2.75) is 32.1 Å². The zero-order valence-corrected chi connectivity index (χ0v) is 7.47. The molecule has 2 rings (SSSR count). The van der Waals surface area contributed by atoms with E-state index < -0.39 is 0 Å². The zero-order chi connectivity index (χ0) is 8.39. The van der Waals surface area contributed by atoms with Crippen molar-refractivity contribution in [2.75, 3.05) is 0 Å². The second-order valence-corrected chi connectivity index (χ2v) is 3.61. The van der Waals surface area contributed by atoms with Crippen molar-refractivity contribution >= 4 is 0 Å². The molecular weight excluding hydrogens is 144 g/mol. The Morgan fingerprint density at radius 1 is 1.25 bits per heavy atom. The molecule has 0 fully saturated rings. The summed E-state index contributed by atoms with van der Waals surface area (Å²) in [5, 5.41) is 0. The summed E-state index contributed by atoms with van der Waals surface area (Å²) in [5.74, 6) is 0. The van der Waals surface area contributed by atoms with E-state index in [1.165, 1.54) is 31.3 Å². The summed E-state index contributed by atoms with van der Waals surface area (Å²) in [4.78, 5) is 0. The van der Waals surface area contributed by atoms with Gasteiger partial charge in [-0.1, -0.05) is 23.3 Å². The first kappa shape index (κ1) is 7.85. The van der Waals surface area contributed by atoms with Gasteiger partial charge in [0.25, 0.3) is 0 Å². The van der Waals surface area contributed by atoms with Crippen LogP contribution in [0.1, 0.15) is 32.1 Å². The molecule has 0 heterocycles. The number of allylic oxidation sites excluding steroid dienone is 5. The van der Waals surface area contributed by atoms with E-state index in [0.29, 0.717) is 0 Å². The third-order valence-corrected chi connectivity index (χ3v) is 2.65. The van der Waals surface area contributed by atoms with Crippen LogP contribution in [-0.2, 0) is 0 Å². The van der Waals surface area contributed by atoms with E-state index in [-0.39, 0.29) is 0 Å². The first-order valence-electron chi connectivity index (χ1n) is 4.78. The fraction of sp³-hybridized carbons (Fsp3) is 0.417. The minimum Gasteiger partial charge on any atom is -0.103 e. The summed E-state index contributed by atoms with van der Waals surface area (Å²) < 4.78 is 0. The number of hydrogen-bond acceptors (Lipinski definition) is 0. The predicted octanol–water partition coefficient (Wildman–Crippen LogP) is 3.58. The second kappa shape index (κ2) is 3.30. The molecule has 0 aromatic rings. The summed E-state index contributed by atoms with van der Waals surface area (Å²) in [6.07, 6.45) is 13.1. The molecule has 0 spiro atoms. The normalized spacial score (nSPS) is 22.2. The molecule has 0 aromatic heterocycles. The van der Waals surface area contributed by atoms with Crippen LogP contribution in [0.25, 0.3) is 0 Å². The molecule has 0 atom stereocenters. The quantitative estimate of drug-likeness (QED) is 0.540. The van der Waals surface area contributed by atoms with Crippen LogP contribution >= 0.6 is 0 Å². The van der Waals surface area contributed by atoms with Crippen LogP contribution < -0.4 is 0 Å². The van der Waals surface area contributed by atoms with E-state index >= 15 is 0 Å². The summed E-state index contributed by atoms with van der Waals surface area (Å²) in [5.41, 5.74) is 4.65. The van der Waals surface area contributed by atoms with Crippen LogP contribution in [0.3, 0.4) is 0 Å². The van der Waals surface area contributed by atoms with Crippen molar-refractivity contribution in [3.8, 4) is 0 Å². The molecule has 12 heavy (non-hydrogen) atoms. The molecule has 0 bridgehead atoms. The van der Waals surface area contributed by atoms with Gasteiger partial charge >= 0.3 is 0 Å². The van der Waals surface area contributed by atoms with Crippen LogP contribution in [-0.4, -0.2) is 0 Å². The summed E-state index contributed by atoms with van der Waals surface area (Å²) >= 11 is 0. The highest BCUT2D eigenvalue weighted by molar-refractivity contribution is 5.49. The maximum atomic E-state index is 3.76. The Balaban J connectivity index is 2.08. The van der Waals surface area contributed by atoms with Gasteiger partial charge in [0.1, 0.15) is 0 Å². The van der Waals surface area contributed by atoms with Crippen LogP contribution in [0.4, 0.5) is 0 Å². The molecule has 0 amide bonds. The van der Waals surface area contributed by atoms with Crippen molar-refractivity contribution in [3.63, 3.8) is 0 Å². The van der Waals surface area contributed by atoms with Gasteiger partial charge in [-0.25, -0.2) is 0 Å². The van der Waals surface area contributed by atoms with E-state index in [2.05, 4.69) is 19.1 Å². The zero-order valence-electron chi connectivity index (χ0n) is 7.47. The third-order valence-electron chi connectivity index (χ3n) is 2.65. The molecule has 0 unspecified atom stereocenters. The molecule has 0 saturated carbocycles. The predicted molar refractivity (Wildman–Crippen MR) is 52.7 cm³/mol. The smallest absolute Gasteiger partial charge is 0.0122 e. The molecule has 0 N–H and O–H groups in total. The Morgan fingerprint density at radius 3 is 2.67 bits per heavy atom. The highest BCUT2D eigenvalue weighted by Crippen LogP contribution is 2.36. The second-order valence-electron chi connectivity index (χ2n) is 3.61. The maximum Gasteiger partial charge on any atom is 0.0122 e. The van der Waals surface area contributed by atoms with Gasteiger partial charge < -0.3 is 0 Å². The van der Waals surface area contributed by atoms with Crippen molar-refractivity contribution in [1.82, 2.24) is 0 Å². The van der Waals surface area contributed by atoms with Crippen molar-refractivity contribution in [3.05, 3.63) is 41.9 Å². The first-order valence-corrected chi connectivity index (χ1v) is 4.78. The minimum atomic E-state index is 1.03. The molecule has 1 radical (unpaired) electrons. The Kier molecular flexibility index (Phi) is 2.16. The fourth-order valence-electron chi connectivity index (χ4n) is 2.06. The van der Waals surface area contributed by atoms with Gasteiger partial charge in [-0.05, 0) is 37.7 Å². The van der Waals surface area contributed by atoms with Gasteiger partial charge in [-0.2, -0.15) is 0 Å². The van der Waals surface area contributed by atoms with Crippen LogP contribution in [0, 0.1) is 6.42 Å². The number of hydrogen-bond donors (Lipinski definition) is 0. The summed E-state index contributed by atoms with van der Waals surface area (Å²) in [7, 11) is 0. The van der Waals surface area contributed by atoms with Crippen LogP contribution in [0.5, 0.6) is 0 Å². The Labute approximate surface area is 74.7 Å². The molecule has 0 heteroatoms. The molecule has 0 saturated heterocycles. The van der Waals surface area contributed by atoms with Crippen molar-refractivity contribution in [2.24, 2.45) is 0 Å². The lowest BCUT2D eigenvalue weighted by atomic mass is 9.93. The molecule has 0 aliphatic heterocycles.